The van der Waals surface area contributed by atoms with Crippen LogP contribution in [0.15, 0.2) is 36.4 Å². The third-order valence-electron chi connectivity index (χ3n) is 4.51. The van der Waals surface area contributed by atoms with Crippen molar-refractivity contribution in [1.82, 2.24) is 10.3 Å². The number of pyridine rings is 1. The summed E-state index contributed by atoms with van der Waals surface area (Å²) in [6.45, 7) is 3.87. The van der Waals surface area contributed by atoms with Gasteiger partial charge in [-0.2, -0.15) is 0 Å². The van der Waals surface area contributed by atoms with Crippen molar-refractivity contribution in [2.24, 2.45) is 5.41 Å². The Balaban J connectivity index is 1.83. The molecule has 1 N–H and O–H groups in total. The van der Waals surface area contributed by atoms with Crippen LogP contribution in [0.5, 0.6) is 0 Å². The molecule has 1 atom stereocenters. The number of nitrogens with one attached hydrogen (secondary N) is 1. The molecule has 3 rings (SSSR count). The molecule has 1 aromatic carbocycles. The summed E-state index contributed by atoms with van der Waals surface area (Å²) >= 11 is 0. The van der Waals surface area contributed by atoms with E-state index < -0.39 is 0 Å². The summed E-state index contributed by atoms with van der Waals surface area (Å²) < 4.78 is 0. The number of para-hydroxylation sites is 1. The van der Waals surface area contributed by atoms with Crippen LogP contribution in [0, 0.1) is 5.41 Å². The maximum absolute atomic E-state index is 12.6. The average Bonchev–Trinajstić information content (AvgIpc) is 2.97. The van der Waals surface area contributed by atoms with Crippen LogP contribution < -0.4 is 5.32 Å². The molecule has 1 aromatic heterocycles. The molecule has 0 bridgehead atoms. The van der Waals surface area contributed by atoms with Crippen LogP contribution in [0.1, 0.15) is 25.5 Å². The monoisotopic (exact) mass is 268 g/mol. The lowest BCUT2D eigenvalue weighted by atomic mass is 9.78. The largest absolute Gasteiger partial charge is 0.316 e. The quantitative estimate of drug-likeness (QED) is 0.927. The summed E-state index contributed by atoms with van der Waals surface area (Å²) in [5.74, 6) is 0.327. The van der Waals surface area contributed by atoms with Crippen LogP contribution in [-0.2, 0) is 11.2 Å². The lowest BCUT2D eigenvalue weighted by Crippen LogP contribution is -2.34. The molecule has 1 aliphatic rings. The molecule has 2 aromatic rings. The molecule has 3 heteroatoms. The predicted molar refractivity (Wildman–Crippen MR) is 80.7 cm³/mol. The van der Waals surface area contributed by atoms with Crippen LogP contribution in [0.2, 0.25) is 0 Å². The Bertz CT molecular complexity index is 630. The lowest BCUT2D eigenvalue weighted by molar-refractivity contribution is -0.127. The van der Waals surface area contributed by atoms with Crippen molar-refractivity contribution >= 4 is 16.7 Å². The van der Waals surface area contributed by atoms with Gasteiger partial charge in [-0.3, -0.25) is 9.78 Å². The molecule has 1 aliphatic heterocycles. The highest BCUT2D eigenvalue weighted by molar-refractivity contribution is 5.88. The van der Waals surface area contributed by atoms with Crippen molar-refractivity contribution in [3.8, 4) is 0 Å². The highest BCUT2D eigenvalue weighted by atomic mass is 16.1. The van der Waals surface area contributed by atoms with Crippen molar-refractivity contribution in [3.05, 3.63) is 42.1 Å². The zero-order valence-electron chi connectivity index (χ0n) is 11.9. The standard InChI is InChI=1S/C17H20N2O/c1-2-17(9-10-18-12-17)16(20)11-14-8-7-13-5-3-4-6-15(13)19-14/h3-8,18H,2,9-12H2,1H3. The van der Waals surface area contributed by atoms with E-state index in [1.807, 2.05) is 30.3 Å². The summed E-state index contributed by atoms with van der Waals surface area (Å²) in [6, 6.07) is 12.1. The summed E-state index contributed by atoms with van der Waals surface area (Å²) in [7, 11) is 0. The van der Waals surface area contributed by atoms with E-state index in [1.165, 1.54) is 0 Å². The second kappa shape index (κ2) is 5.33. The van der Waals surface area contributed by atoms with Crippen LogP contribution in [0.4, 0.5) is 0 Å². The first-order chi connectivity index (χ1) is 9.73. The number of aromatic nitrogens is 1. The van der Waals surface area contributed by atoms with Gasteiger partial charge in [-0.15, -0.1) is 0 Å². The summed E-state index contributed by atoms with van der Waals surface area (Å²) in [5.41, 5.74) is 1.68. The summed E-state index contributed by atoms with van der Waals surface area (Å²) in [4.78, 5) is 17.2. The molecule has 0 aliphatic carbocycles. The zero-order chi connectivity index (χ0) is 14.0. The van der Waals surface area contributed by atoms with Crippen LogP contribution in [0.25, 0.3) is 10.9 Å². The van der Waals surface area contributed by atoms with Crippen molar-refractivity contribution in [3.63, 3.8) is 0 Å². The molecule has 20 heavy (non-hydrogen) atoms. The first-order valence-electron chi connectivity index (χ1n) is 7.32. The average molecular weight is 268 g/mol. The van der Waals surface area contributed by atoms with E-state index in [0.29, 0.717) is 12.2 Å². The van der Waals surface area contributed by atoms with Crippen molar-refractivity contribution in [2.75, 3.05) is 13.1 Å². The van der Waals surface area contributed by atoms with Gasteiger partial charge in [0.2, 0.25) is 0 Å². The van der Waals surface area contributed by atoms with Crippen molar-refractivity contribution in [2.45, 2.75) is 26.2 Å². The predicted octanol–water partition coefficient (Wildman–Crippen LogP) is 2.74. The smallest absolute Gasteiger partial charge is 0.146 e. The molecule has 1 saturated heterocycles. The number of hydrogen-bond acceptors (Lipinski definition) is 3. The van der Waals surface area contributed by atoms with E-state index in [1.54, 1.807) is 0 Å². The SMILES string of the molecule is CCC1(C(=O)Cc2ccc3ccccc3n2)CCNC1. The third-order valence-corrected chi connectivity index (χ3v) is 4.51. The van der Waals surface area contributed by atoms with Crippen molar-refractivity contribution < 1.29 is 4.79 Å². The van der Waals surface area contributed by atoms with Gasteiger partial charge in [0.25, 0.3) is 0 Å². The molecule has 0 amide bonds. The topological polar surface area (TPSA) is 42.0 Å². The Hall–Kier alpha value is -1.74. The Morgan fingerprint density at radius 2 is 2.15 bits per heavy atom. The minimum Gasteiger partial charge on any atom is -0.316 e. The molecule has 3 nitrogen and oxygen atoms in total. The fraction of sp³-hybridized carbons (Fsp3) is 0.412. The van der Waals surface area contributed by atoms with E-state index >= 15 is 0 Å². The number of Topliss-reactive ketones (excluding diaryl/α,β-unsaturated/α-hetero) is 1. The molecule has 1 unspecified atom stereocenters. The van der Waals surface area contributed by atoms with Gasteiger partial charge in [0.15, 0.2) is 0 Å². The number of carbonyl (C=O) groups excluding carboxylic acids is 1. The number of carbonyl (C=O) groups is 1. The minimum absolute atomic E-state index is 0.173. The number of fused-ring (bicyclic) bond motifs is 1. The second-order valence-electron chi connectivity index (χ2n) is 5.66. The van der Waals surface area contributed by atoms with E-state index in [0.717, 1.165) is 42.5 Å². The Morgan fingerprint density at radius 1 is 1.30 bits per heavy atom. The molecule has 0 radical (unpaired) electrons. The van der Waals surface area contributed by atoms with Gasteiger partial charge in [0.1, 0.15) is 5.78 Å². The number of hydrogen-bond donors (Lipinski definition) is 1. The molecule has 2 heterocycles. The highest BCUT2D eigenvalue weighted by Crippen LogP contribution is 2.31. The van der Waals surface area contributed by atoms with Gasteiger partial charge >= 0.3 is 0 Å². The summed E-state index contributed by atoms with van der Waals surface area (Å²) in [5, 5.41) is 4.44. The van der Waals surface area contributed by atoms with E-state index in [9.17, 15) is 4.79 Å². The van der Waals surface area contributed by atoms with E-state index in [4.69, 9.17) is 0 Å². The van der Waals surface area contributed by atoms with Gasteiger partial charge in [-0.05, 0) is 31.5 Å². The third kappa shape index (κ3) is 2.34. The van der Waals surface area contributed by atoms with E-state index in [-0.39, 0.29) is 5.41 Å². The molecule has 1 fully saturated rings. The fourth-order valence-corrected chi connectivity index (χ4v) is 3.04. The maximum atomic E-state index is 12.6. The highest BCUT2D eigenvalue weighted by Gasteiger charge is 2.38. The van der Waals surface area contributed by atoms with Gasteiger partial charge in [-0.1, -0.05) is 31.2 Å². The van der Waals surface area contributed by atoms with Crippen molar-refractivity contribution in [1.29, 1.82) is 0 Å². The zero-order valence-corrected chi connectivity index (χ0v) is 11.9. The van der Waals surface area contributed by atoms with Crippen LogP contribution >= 0.6 is 0 Å². The molecule has 0 saturated carbocycles. The van der Waals surface area contributed by atoms with Gasteiger partial charge in [0, 0.05) is 29.5 Å². The Labute approximate surface area is 119 Å². The van der Waals surface area contributed by atoms with Crippen LogP contribution in [-0.4, -0.2) is 23.9 Å². The molecule has 104 valence electrons. The minimum atomic E-state index is -0.173. The van der Waals surface area contributed by atoms with E-state index in [2.05, 4.69) is 23.3 Å². The molecular formula is C17H20N2O. The maximum Gasteiger partial charge on any atom is 0.146 e. The normalized spacial score (nSPS) is 22.2. The molecular weight excluding hydrogens is 248 g/mol. The number of rotatable bonds is 4. The first kappa shape index (κ1) is 13.3. The Morgan fingerprint density at radius 3 is 2.90 bits per heavy atom. The fourth-order valence-electron chi connectivity index (χ4n) is 3.04. The number of ketones is 1. The number of nitrogens with zero attached hydrogens (tertiary/aromatic N) is 1. The van der Waals surface area contributed by atoms with Gasteiger partial charge in [-0.25, -0.2) is 0 Å². The van der Waals surface area contributed by atoms with Crippen LogP contribution in [0.3, 0.4) is 0 Å². The lowest BCUT2D eigenvalue weighted by Gasteiger charge is -2.24. The molecule has 0 spiro atoms. The number of benzene rings is 1. The van der Waals surface area contributed by atoms with Gasteiger partial charge < -0.3 is 5.32 Å². The first-order valence-corrected chi connectivity index (χ1v) is 7.32. The summed E-state index contributed by atoms with van der Waals surface area (Å²) in [6.07, 6.45) is 2.31. The van der Waals surface area contributed by atoms with Gasteiger partial charge in [0.05, 0.1) is 5.52 Å². The Kier molecular flexibility index (Phi) is 3.53. The second-order valence-corrected chi connectivity index (χ2v) is 5.66.